The molecule has 13 heavy (non-hydrogen) atoms. The molecule has 0 bridgehead atoms. The van der Waals surface area contributed by atoms with Crippen LogP contribution in [0.15, 0.2) is 12.4 Å². The van der Waals surface area contributed by atoms with Crippen molar-refractivity contribution in [1.29, 1.82) is 0 Å². The van der Waals surface area contributed by atoms with E-state index < -0.39 is 20.4 Å². The highest BCUT2D eigenvalue weighted by Crippen LogP contribution is 2.17. The lowest BCUT2D eigenvalue weighted by atomic mass is 10.9. The van der Waals surface area contributed by atoms with Gasteiger partial charge in [0.25, 0.3) is 5.50 Å². The van der Waals surface area contributed by atoms with Gasteiger partial charge in [-0.3, -0.25) is 0 Å². The Kier molecular flexibility index (Phi) is 2.16. The quantitative estimate of drug-likeness (QED) is 0.436. The van der Waals surface area contributed by atoms with Crippen molar-refractivity contribution in [3.05, 3.63) is 22.5 Å². The van der Waals surface area contributed by atoms with Gasteiger partial charge in [0.05, 0.1) is 6.20 Å². The first-order chi connectivity index (χ1) is 5.84. The van der Waals surface area contributed by atoms with Gasteiger partial charge < -0.3 is 4.90 Å². The fourth-order valence-corrected chi connectivity index (χ4v) is 2.35. The lowest BCUT2D eigenvalue weighted by molar-refractivity contribution is -0.644. The topological polar surface area (TPSA) is 83.8 Å². The third-order valence-electron chi connectivity index (χ3n) is 1.60. The maximum Gasteiger partial charge on any atom is 0.267 e. The zero-order valence-corrected chi connectivity index (χ0v) is 7.93. The molecule has 0 aromatic heterocycles. The lowest BCUT2D eigenvalue weighted by Crippen LogP contribution is -2.45. The molecule has 74 valence electrons. The molecule has 0 amide bonds. The van der Waals surface area contributed by atoms with Crippen LogP contribution in [0.25, 0.3) is 0 Å². The highest BCUT2D eigenvalue weighted by molar-refractivity contribution is 7.91. The van der Waals surface area contributed by atoms with Gasteiger partial charge in [-0.25, -0.2) is 18.5 Å². The Morgan fingerprint density at radius 2 is 2.00 bits per heavy atom. The molecule has 0 radical (unpaired) electrons. The van der Waals surface area contributed by atoms with Gasteiger partial charge >= 0.3 is 0 Å². The summed E-state index contributed by atoms with van der Waals surface area (Å²) in [4.78, 5) is 11.7. The Morgan fingerprint density at radius 1 is 1.46 bits per heavy atom. The number of nitrogens with zero attached hydrogens (tertiary/aromatic N) is 3. The van der Waals surface area contributed by atoms with Crippen molar-refractivity contribution in [1.82, 2.24) is 9.91 Å². The van der Waals surface area contributed by atoms with Crippen LogP contribution >= 0.6 is 0 Å². The first-order valence-corrected chi connectivity index (χ1v) is 5.31. The Morgan fingerprint density at radius 3 is 2.31 bits per heavy atom. The minimum absolute atomic E-state index is 0.551. The second kappa shape index (κ2) is 2.87. The molecule has 0 N–H and O–H groups in total. The summed E-state index contributed by atoms with van der Waals surface area (Å²) in [5, 5.41) is 10.2. The zero-order chi connectivity index (χ0) is 10.2. The highest BCUT2D eigenvalue weighted by atomic mass is 32.2. The van der Waals surface area contributed by atoms with E-state index in [1.165, 1.54) is 18.1 Å². The molecule has 0 saturated heterocycles. The van der Waals surface area contributed by atoms with Crippen LogP contribution in [0.1, 0.15) is 0 Å². The van der Waals surface area contributed by atoms with Crippen LogP contribution in [0.2, 0.25) is 0 Å². The molecule has 1 rings (SSSR count). The number of hydrogen-bond acceptors (Lipinski definition) is 5. The Hall–Kier alpha value is -1.31. The average Bonchev–Trinajstić information content (AvgIpc) is 2.28. The van der Waals surface area contributed by atoms with Crippen molar-refractivity contribution in [3.63, 3.8) is 0 Å². The van der Waals surface area contributed by atoms with E-state index in [1.54, 1.807) is 0 Å². The summed E-state index contributed by atoms with van der Waals surface area (Å²) in [7, 11) is -2.03. The number of sulfone groups is 1. The van der Waals surface area contributed by atoms with Gasteiger partial charge in [-0.15, -0.1) is 0 Å². The van der Waals surface area contributed by atoms with E-state index in [4.69, 9.17) is 0 Å². The molecule has 7 nitrogen and oxygen atoms in total. The third kappa shape index (κ3) is 1.72. The van der Waals surface area contributed by atoms with E-state index in [-0.39, 0.29) is 0 Å². The molecule has 0 aromatic carbocycles. The van der Waals surface area contributed by atoms with Crippen molar-refractivity contribution < 1.29 is 13.5 Å². The molecule has 1 unspecified atom stereocenters. The van der Waals surface area contributed by atoms with Crippen molar-refractivity contribution in [3.8, 4) is 0 Å². The van der Waals surface area contributed by atoms with Crippen LogP contribution in [0.5, 0.6) is 0 Å². The minimum Gasteiger partial charge on any atom is -0.342 e. The molecule has 0 fully saturated rings. The van der Waals surface area contributed by atoms with Gasteiger partial charge in [0.15, 0.2) is 14.9 Å². The summed E-state index contributed by atoms with van der Waals surface area (Å²) in [5.41, 5.74) is -1.23. The molecule has 0 spiro atoms. The smallest absolute Gasteiger partial charge is 0.267 e. The van der Waals surface area contributed by atoms with E-state index in [0.717, 1.165) is 12.5 Å². The van der Waals surface area contributed by atoms with E-state index in [2.05, 4.69) is 0 Å². The van der Waals surface area contributed by atoms with Crippen LogP contribution in [-0.2, 0) is 9.84 Å². The largest absolute Gasteiger partial charge is 0.342 e. The number of rotatable bonds is 2. The van der Waals surface area contributed by atoms with Crippen molar-refractivity contribution in [2.24, 2.45) is 0 Å². The van der Waals surface area contributed by atoms with E-state index in [9.17, 15) is 18.5 Å². The van der Waals surface area contributed by atoms with Crippen molar-refractivity contribution in [2.75, 3.05) is 13.3 Å². The molecule has 0 saturated carbocycles. The first-order valence-electron chi connectivity index (χ1n) is 3.36. The molecular formula is C5H9N3O4S. The van der Waals surface area contributed by atoms with E-state index in [0.29, 0.717) is 5.01 Å². The van der Waals surface area contributed by atoms with Gasteiger partial charge in [-0.1, -0.05) is 5.01 Å². The zero-order valence-electron chi connectivity index (χ0n) is 7.11. The normalized spacial score (nSPS) is 22.5. The Bertz CT molecular complexity index is 349. The average molecular weight is 207 g/mol. The van der Waals surface area contributed by atoms with E-state index in [1.807, 2.05) is 0 Å². The molecule has 1 atom stereocenters. The van der Waals surface area contributed by atoms with E-state index >= 15 is 0 Å². The predicted octanol–water partition coefficient (Wildman–Crippen LogP) is -0.775. The van der Waals surface area contributed by atoms with Crippen LogP contribution in [0.4, 0.5) is 0 Å². The highest BCUT2D eigenvalue weighted by Gasteiger charge is 2.39. The lowest BCUT2D eigenvalue weighted by Gasteiger charge is -2.20. The Balaban J connectivity index is 3.02. The molecule has 8 heteroatoms. The Labute approximate surface area is 75.3 Å². The summed E-state index contributed by atoms with van der Waals surface area (Å²) < 4.78 is 22.3. The number of hydrogen-bond donors (Lipinski definition) is 0. The number of hydrazine groups is 1. The summed E-state index contributed by atoms with van der Waals surface area (Å²) in [6.45, 7) is 0. The molecule has 0 aromatic rings. The molecule has 0 aliphatic carbocycles. The van der Waals surface area contributed by atoms with Crippen molar-refractivity contribution in [2.45, 2.75) is 5.50 Å². The third-order valence-corrected chi connectivity index (χ3v) is 2.92. The van der Waals surface area contributed by atoms with Gasteiger partial charge in [-0.05, 0) is 0 Å². The summed E-state index contributed by atoms with van der Waals surface area (Å²) in [5.74, 6) is 0. The summed E-state index contributed by atoms with van der Waals surface area (Å²) >= 11 is 0. The second-order valence-corrected chi connectivity index (χ2v) is 4.82. The molecule has 1 aliphatic rings. The van der Waals surface area contributed by atoms with Crippen molar-refractivity contribution >= 4 is 9.84 Å². The van der Waals surface area contributed by atoms with Crippen LogP contribution in [0.3, 0.4) is 0 Å². The fraction of sp³-hybridized carbons (Fsp3) is 0.600. The number of nitro groups is 1. The van der Waals surface area contributed by atoms with Gasteiger partial charge in [0, 0.05) is 19.5 Å². The summed E-state index contributed by atoms with van der Waals surface area (Å²) in [6.07, 6.45) is 3.41. The minimum atomic E-state index is -3.50. The molecular weight excluding hydrogens is 198 g/mol. The maximum absolute atomic E-state index is 11.1. The first kappa shape index (κ1) is 9.78. The standard InChI is InChI=1S/C5H9N3O4S/c1-6-3-4-7(8(9)10)5(6)13(2,11)12/h3-5H,1-2H3. The van der Waals surface area contributed by atoms with Crippen LogP contribution in [0, 0.1) is 10.1 Å². The second-order valence-electron chi connectivity index (χ2n) is 2.74. The maximum atomic E-state index is 11.1. The predicted molar refractivity (Wildman–Crippen MR) is 44.4 cm³/mol. The van der Waals surface area contributed by atoms with Gasteiger partial charge in [-0.2, -0.15) is 0 Å². The van der Waals surface area contributed by atoms with Crippen LogP contribution in [-0.4, -0.2) is 42.2 Å². The SMILES string of the molecule is CN1C=CN([N+](=O)[O-])C1S(C)(=O)=O. The van der Waals surface area contributed by atoms with Gasteiger partial charge in [0.1, 0.15) is 0 Å². The fourth-order valence-electron chi connectivity index (χ4n) is 1.14. The summed E-state index contributed by atoms with van der Waals surface area (Å²) in [6, 6.07) is 0. The monoisotopic (exact) mass is 207 g/mol. The van der Waals surface area contributed by atoms with Gasteiger partial charge in [0.2, 0.25) is 0 Å². The molecule has 1 aliphatic heterocycles. The molecule has 1 heterocycles. The van der Waals surface area contributed by atoms with Crippen LogP contribution < -0.4 is 0 Å².